The van der Waals surface area contributed by atoms with Crippen molar-refractivity contribution in [1.82, 2.24) is 4.90 Å². The van der Waals surface area contributed by atoms with Crippen LogP contribution < -0.4 is 14.8 Å². The third-order valence-corrected chi connectivity index (χ3v) is 5.16. The van der Waals surface area contributed by atoms with Crippen molar-refractivity contribution in [3.63, 3.8) is 0 Å². The lowest BCUT2D eigenvalue weighted by atomic mass is 10.1. The number of amides is 3. The Balaban J connectivity index is 1.47. The second-order valence-electron chi connectivity index (χ2n) is 6.20. The molecule has 0 unspecified atom stereocenters. The number of nitro benzene ring substituents is 1. The molecule has 1 fully saturated rings. The Morgan fingerprint density at radius 2 is 1.97 bits per heavy atom. The highest BCUT2D eigenvalue weighted by molar-refractivity contribution is 8.18. The minimum absolute atomic E-state index is 0.00480. The van der Waals surface area contributed by atoms with Crippen molar-refractivity contribution in [2.45, 2.75) is 0 Å². The molecule has 1 saturated heterocycles. The SMILES string of the molecule is O=C(CN1C(=O)S/C(=C/c2ccccc2[N+](=O)[O-])C1=O)Nc1ccc2c(c1)OCO2. The largest absolute Gasteiger partial charge is 0.454 e. The van der Waals surface area contributed by atoms with E-state index in [0.717, 1.165) is 4.90 Å². The fourth-order valence-corrected chi connectivity index (χ4v) is 3.70. The Morgan fingerprint density at radius 3 is 2.77 bits per heavy atom. The predicted molar refractivity (Wildman–Crippen MR) is 107 cm³/mol. The Morgan fingerprint density at radius 1 is 1.20 bits per heavy atom. The third-order valence-electron chi connectivity index (χ3n) is 4.25. The summed E-state index contributed by atoms with van der Waals surface area (Å²) in [5.41, 5.74) is 0.425. The molecule has 3 amide bonds. The second-order valence-corrected chi connectivity index (χ2v) is 7.19. The lowest BCUT2D eigenvalue weighted by Crippen LogP contribution is -2.36. The van der Waals surface area contributed by atoms with Gasteiger partial charge in [-0.1, -0.05) is 12.1 Å². The second kappa shape index (κ2) is 7.87. The molecule has 0 saturated carbocycles. The molecule has 2 aliphatic rings. The molecule has 1 N–H and O–H groups in total. The zero-order valence-electron chi connectivity index (χ0n) is 15.2. The van der Waals surface area contributed by atoms with Gasteiger partial charge in [0.2, 0.25) is 12.7 Å². The number of rotatable bonds is 5. The molecule has 30 heavy (non-hydrogen) atoms. The lowest BCUT2D eigenvalue weighted by molar-refractivity contribution is -0.385. The minimum atomic E-state index is -0.691. The number of carbonyl (C=O) groups is 3. The zero-order valence-corrected chi connectivity index (χ0v) is 16.0. The average molecular weight is 427 g/mol. The number of imide groups is 1. The molecule has 0 atom stereocenters. The third kappa shape index (κ3) is 3.82. The Kier molecular flexibility index (Phi) is 5.11. The Bertz CT molecular complexity index is 1120. The average Bonchev–Trinajstić information content (AvgIpc) is 3.28. The van der Waals surface area contributed by atoms with Crippen LogP contribution in [0.2, 0.25) is 0 Å². The maximum Gasteiger partial charge on any atom is 0.294 e. The van der Waals surface area contributed by atoms with Gasteiger partial charge in [-0.25, -0.2) is 0 Å². The van der Waals surface area contributed by atoms with E-state index in [0.29, 0.717) is 28.9 Å². The van der Waals surface area contributed by atoms with Gasteiger partial charge >= 0.3 is 0 Å². The van der Waals surface area contributed by atoms with E-state index < -0.39 is 28.5 Å². The highest BCUT2D eigenvalue weighted by Crippen LogP contribution is 2.35. The molecule has 0 aromatic heterocycles. The van der Waals surface area contributed by atoms with Crippen molar-refractivity contribution in [3.05, 3.63) is 63.0 Å². The number of nitro groups is 1. The van der Waals surface area contributed by atoms with Crippen molar-refractivity contribution >= 4 is 46.3 Å². The number of hydrogen-bond acceptors (Lipinski definition) is 8. The van der Waals surface area contributed by atoms with E-state index in [9.17, 15) is 24.5 Å². The van der Waals surface area contributed by atoms with E-state index in [-0.39, 0.29) is 22.9 Å². The van der Waals surface area contributed by atoms with Crippen LogP contribution in [-0.2, 0) is 9.59 Å². The molecule has 4 rings (SSSR count). The highest BCUT2D eigenvalue weighted by atomic mass is 32.2. The maximum atomic E-state index is 12.6. The molecule has 2 aromatic rings. The number of para-hydroxylation sites is 1. The number of thioether (sulfide) groups is 1. The summed E-state index contributed by atoms with van der Waals surface area (Å²) in [4.78, 5) is 48.5. The molecule has 0 bridgehead atoms. The molecule has 0 spiro atoms. The molecule has 0 radical (unpaired) electrons. The van der Waals surface area contributed by atoms with Crippen molar-refractivity contribution in [2.75, 3.05) is 18.7 Å². The first-order chi connectivity index (χ1) is 14.4. The van der Waals surface area contributed by atoms with Gasteiger partial charge in [0.25, 0.3) is 16.8 Å². The molecule has 2 aromatic carbocycles. The molecule has 10 nitrogen and oxygen atoms in total. The molecule has 2 aliphatic heterocycles. The van der Waals surface area contributed by atoms with Crippen LogP contribution in [0.5, 0.6) is 11.5 Å². The number of nitrogens with zero attached hydrogens (tertiary/aromatic N) is 2. The summed E-state index contributed by atoms with van der Waals surface area (Å²) in [5.74, 6) is -0.238. The van der Waals surface area contributed by atoms with E-state index in [2.05, 4.69) is 5.32 Å². The van der Waals surface area contributed by atoms with Crippen LogP contribution in [0, 0.1) is 10.1 Å². The van der Waals surface area contributed by atoms with Crippen LogP contribution in [0.3, 0.4) is 0 Å². The van der Waals surface area contributed by atoms with Gasteiger partial charge in [-0.15, -0.1) is 0 Å². The predicted octanol–water partition coefficient (Wildman–Crippen LogP) is 3.00. The first-order valence-electron chi connectivity index (χ1n) is 8.60. The van der Waals surface area contributed by atoms with Crippen molar-refractivity contribution in [3.8, 4) is 11.5 Å². The van der Waals surface area contributed by atoms with Gasteiger partial charge in [-0.3, -0.25) is 29.4 Å². The number of ether oxygens (including phenoxy) is 2. The standard InChI is InChI=1S/C19H13N3O7S/c23-17(20-12-5-6-14-15(8-12)29-10-28-14)9-21-18(24)16(30-19(21)25)7-11-3-1-2-4-13(11)22(26)27/h1-8H,9-10H2,(H,20,23)/b16-7+. The topological polar surface area (TPSA) is 128 Å². The Labute approximate surface area is 173 Å². The summed E-state index contributed by atoms with van der Waals surface area (Å²) in [7, 11) is 0. The van der Waals surface area contributed by atoms with Crippen LogP contribution in [0.15, 0.2) is 47.4 Å². The van der Waals surface area contributed by atoms with Gasteiger partial charge in [0.1, 0.15) is 6.54 Å². The van der Waals surface area contributed by atoms with Gasteiger partial charge in [-0.2, -0.15) is 0 Å². The summed E-state index contributed by atoms with van der Waals surface area (Å²) in [6.45, 7) is -0.400. The molecule has 0 aliphatic carbocycles. The summed E-state index contributed by atoms with van der Waals surface area (Å²) >= 11 is 0.621. The molecular weight excluding hydrogens is 414 g/mol. The lowest BCUT2D eigenvalue weighted by Gasteiger charge is -2.12. The van der Waals surface area contributed by atoms with Crippen LogP contribution in [0.4, 0.5) is 16.2 Å². The first kappa shape index (κ1) is 19.5. The van der Waals surface area contributed by atoms with Crippen LogP contribution in [0.25, 0.3) is 6.08 Å². The van der Waals surface area contributed by atoms with E-state index in [1.54, 1.807) is 24.3 Å². The number of benzene rings is 2. The van der Waals surface area contributed by atoms with E-state index in [4.69, 9.17) is 9.47 Å². The minimum Gasteiger partial charge on any atom is -0.454 e. The van der Waals surface area contributed by atoms with Crippen LogP contribution in [0.1, 0.15) is 5.56 Å². The fourth-order valence-electron chi connectivity index (χ4n) is 2.87. The fraction of sp³-hybridized carbons (Fsp3) is 0.105. The van der Waals surface area contributed by atoms with Crippen LogP contribution in [-0.4, -0.2) is 40.2 Å². The maximum absolute atomic E-state index is 12.6. The van der Waals surface area contributed by atoms with Crippen molar-refractivity contribution in [1.29, 1.82) is 0 Å². The summed E-state index contributed by atoms with van der Waals surface area (Å²) in [6.07, 6.45) is 1.28. The number of anilines is 1. The van der Waals surface area contributed by atoms with E-state index in [1.165, 1.54) is 24.3 Å². The molecule has 2 heterocycles. The summed E-state index contributed by atoms with van der Waals surface area (Å²) < 4.78 is 10.4. The molecule has 11 heteroatoms. The zero-order chi connectivity index (χ0) is 21.3. The van der Waals surface area contributed by atoms with Gasteiger partial charge < -0.3 is 14.8 Å². The monoisotopic (exact) mass is 427 g/mol. The van der Waals surface area contributed by atoms with Gasteiger partial charge in [0, 0.05) is 17.8 Å². The summed E-state index contributed by atoms with van der Waals surface area (Å²) in [5, 5.41) is 13.1. The first-order valence-corrected chi connectivity index (χ1v) is 9.42. The quantitative estimate of drug-likeness (QED) is 0.438. The van der Waals surface area contributed by atoms with Gasteiger partial charge in [0.15, 0.2) is 11.5 Å². The van der Waals surface area contributed by atoms with Crippen molar-refractivity contribution < 1.29 is 28.8 Å². The van der Waals surface area contributed by atoms with Crippen molar-refractivity contribution in [2.24, 2.45) is 0 Å². The molecule has 152 valence electrons. The smallest absolute Gasteiger partial charge is 0.294 e. The normalized spacial score (nSPS) is 16.3. The van der Waals surface area contributed by atoms with E-state index >= 15 is 0 Å². The van der Waals surface area contributed by atoms with Gasteiger partial charge in [0.05, 0.1) is 15.4 Å². The number of hydrogen-bond donors (Lipinski definition) is 1. The van der Waals surface area contributed by atoms with E-state index in [1.807, 2.05) is 0 Å². The van der Waals surface area contributed by atoms with Crippen LogP contribution >= 0.6 is 11.8 Å². The Hall–Kier alpha value is -3.86. The van der Waals surface area contributed by atoms with Gasteiger partial charge in [-0.05, 0) is 36.0 Å². The molecular formula is C19H13N3O7S. The highest BCUT2D eigenvalue weighted by Gasteiger charge is 2.36. The number of carbonyl (C=O) groups excluding carboxylic acids is 3. The number of nitrogens with one attached hydrogen (secondary N) is 1. The summed E-state index contributed by atoms with van der Waals surface area (Å²) in [6, 6.07) is 10.7. The number of fused-ring (bicyclic) bond motifs is 1.